The third-order valence-corrected chi connectivity index (χ3v) is 5.71. The van der Waals surface area contributed by atoms with Crippen LogP contribution < -0.4 is 9.47 Å². The Balaban J connectivity index is 1.62. The van der Waals surface area contributed by atoms with Gasteiger partial charge < -0.3 is 9.47 Å². The molecule has 2 fully saturated rings. The molecule has 0 aromatic heterocycles. The highest BCUT2D eigenvalue weighted by Crippen LogP contribution is 2.52. The van der Waals surface area contributed by atoms with Crippen LogP contribution in [0.1, 0.15) is 17.5 Å². The molecule has 1 heterocycles. The van der Waals surface area contributed by atoms with Crippen molar-refractivity contribution in [3.8, 4) is 11.5 Å². The van der Waals surface area contributed by atoms with Crippen LogP contribution in [-0.2, 0) is 16.0 Å². The highest BCUT2D eigenvalue weighted by Gasteiger charge is 2.59. The number of methoxy groups -OCH3 is 2. The van der Waals surface area contributed by atoms with Crippen molar-refractivity contribution in [2.75, 3.05) is 14.2 Å². The lowest BCUT2D eigenvalue weighted by Gasteiger charge is -2.14. The third-order valence-electron chi connectivity index (χ3n) is 5.71. The van der Waals surface area contributed by atoms with E-state index in [9.17, 15) is 9.59 Å². The first-order chi connectivity index (χ1) is 13.1. The second-order valence-electron chi connectivity index (χ2n) is 7.14. The summed E-state index contributed by atoms with van der Waals surface area (Å²) in [5.41, 5.74) is 1.62. The van der Waals surface area contributed by atoms with Crippen LogP contribution >= 0.6 is 0 Å². The highest BCUT2D eigenvalue weighted by atomic mass is 16.5. The molecule has 6 nitrogen and oxygen atoms in total. The van der Waals surface area contributed by atoms with Crippen LogP contribution in [0, 0.1) is 23.7 Å². The fraction of sp³-hybridized carbons (Fsp3) is 0.381. The summed E-state index contributed by atoms with van der Waals surface area (Å²) < 4.78 is 10.8. The minimum absolute atomic E-state index is 0.178. The number of rotatable bonds is 6. The summed E-state index contributed by atoms with van der Waals surface area (Å²) >= 11 is 0. The molecule has 0 unspecified atom stereocenters. The molecule has 140 valence electrons. The Labute approximate surface area is 158 Å². The minimum atomic E-state index is -0.244. The van der Waals surface area contributed by atoms with Crippen LogP contribution in [0.2, 0.25) is 0 Å². The summed E-state index contributed by atoms with van der Waals surface area (Å²) in [4.78, 5) is 25.4. The zero-order valence-corrected chi connectivity index (χ0v) is 15.4. The second kappa shape index (κ2) is 6.68. The summed E-state index contributed by atoms with van der Waals surface area (Å²) in [7, 11) is 3.15. The molecule has 0 N–H and O–H groups in total. The molecular formula is C21H22N2O4. The van der Waals surface area contributed by atoms with E-state index in [1.165, 1.54) is 6.21 Å². The Hall–Kier alpha value is -2.89. The largest absolute Gasteiger partial charge is 0.493 e. The first-order valence-corrected chi connectivity index (χ1v) is 9.05. The van der Waals surface area contributed by atoms with E-state index in [1.807, 2.05) is 6.07 Å². The average molecular weight is 366 g/mol. The first kappa shape index (κ1) is 17.5. The monoisotopic (exact) mass is 366 g/mol. The standard InChI is InChI=1S/C21H22N2O4/c1-4-5-15-8-12(9-16(26-2)19(15)27-3)11-22-23-20(24)17-13-6-7-14(10-13)18(17)21(23)25/h4,6-9,11,13-14,17-18H,1,5,10H2,2-3H3/t13-,14-,17-,18+/m0/s1. The van der Waals surface area contributed by atoms with Crippen LogP contribution in [0.4, 0.5) is 0 Å². The van der Waals surface area contributed by atoms with Gasteiger partial charge in [-0.15, -0.1) is 6.58 Å². The highest BCUT2D eigenvalue weighted by molar-refractivity contribution is 6.06. The van der Waals surface area contributed by atoms with Gasteiger partial charge in [-0.05, 0) is 42.4 Å². The predicted octanol–water partition coefficient (Wildman–Crippen LogP) is 2.57. The zero-order valence-electron chi connectivity index (χ0n) is 15.4. The molecule has 4 atom stereocenters. The van der Waals surface area contributed by atoms with Gasteiger partial charge in [-0.3, -0.25) is 9.59 Å². The molecule has 1 aliphatic heterocycles. The molecule has 2 amide bonds. The predicted molar refractivity (Wildman–Crippen MR) is 101 cm³/mol. The normalized spacial score (nSPS) is 28.3. The number of hydrogen-bond donors (Lipinski definition) is 0. The van der Waals surface area contributed by atoms with Crippen molar-refractivity contribution in [2.45, 2.75) is 12.8 Å². The van der Waals surface area contributed by atoms with Crippen molar-refractivity contribution in [1.29, 1.82) is 0 Å². The van der Waals surface area contributed by atoms with Crippen molar-refractivity contribution in [2.24, 2.45) is 28.8 Å². The maximum Gasteiger partial charge on any atom is 0.254 e. The number of hydrogen-bond acceptors (Lipinski definition) is 5. The van der Waals surface area contributed by atoms with Crippen molar-refractivity contribution < 1.29 is 19.1 Å². The molecule has 2 aliphatic carbocycles. The summed E-state index contributed by atoms with van der Waals surface area (Å²) in [6.45, 7) is 3.76. The summed E-state index contributed by atoms with van der Waals surface area (Å²) in [5.74, 6) is 0.693. The molecule has 1 saturated carbocycles. The minimum Gasteiger partial charge on any atom is -0.493 e. The molecule has 3 aliphatic rings. The SMILES string of the molecule is C=CCc1cc(C=NN2C(=O)[C@@H]3[C@H](C2=O)[C@H]2C=C[C@H]3C2)cc(OC)c1OC. The van der Waals surface area contributed by atoms with Gasteiger partial charge in [0.1, 0.15) is 0 Å². The molecule has 6 heteroatoms. The van der Waals surface area contributed by atoms with Crippen molar-refractivity contribution in [3.05, 3.63) is 48.1 Å². The van der Waals surface area contributed by atoms with E-state index in [2.05, 4.69) is 23.8 Å². The quantitative estimate of drug-likeness (QED) is 0.441. The number of imide groups is 1. The Bertz CT molecular complexity index is 843. The Morgan fingerprint density at radius 1 is 1.15 bits per heavy atom. The molecule has 0 spiro atoms. The van der Waals surface area contributed by atoms with Gasteiger partial charge in [0.15, 0.2) is 11.5 Å². The molecular weight excluding hydrogens is 344 g/mol. The maximum absolute atomic E-state index is 12.7. The Kier molecular flexibility index (Phi) is 4.34. The summed E-state index contributed by atoms with van der Waals surface area (Å²) in [6.07, 6.45) is 8.95. The van der Waals surface area contributed by atoms with Gasteiger partial charge in [-0.25, -0.2) is 0 Å². The molecule has 1 saturated heterocycles. The van der Waals surface area contributed by atoms with E-state index in [-0.39, 0.29) is 35.5 Å². The summed E-state index contributed by atoms with van der Waals surface area (Å²) in [6, 6.07) is 3.66. The summed E-state index contributed by atoms with van der Waals surface area (Å²) in [5, 5.41) is 5.27. The fourth-order valence-electron chi connectivity index (χ4n) is 4.57. The van der Waals surface area contributed by atoms with E-state index in [0.29, 0.717) is 17.9 Å². The molecule has 27 heavy (non-hydrogen) atoms. The lowest BCUT2D eigenvalue weighted by molar-refractivity contribution is -0.140. The van der Waals surface area contributed by atoms with E-state index >= 15 is 0 Å². The average Bonchev–Trinajstić information content (AvgIpc) is 3.34. The topological polar surface area (TPSA) is 68.2 Å². The third kappa shape index (κ3) is 2.67. The molecule has 1 aromatic carbocycles. The number of hydrazone groups is 1. The van der Waals surface area contributed by atoms with Crippen molar-refractivity contribution in [3.63, 3.8) is 0 Å². The first-order valence-electron chi connectivity index (χ1n) is 9.05. The van der Waals surface area contributed by atoms with Crippen molar-refractivity contribution >= 4 is 18.0 Å². The number of ether oxygens (including phenoxy) is 2. The van der Waals surface area contributed by atoms with Gasteiger partial charge in [-0.2, -0.15) is 10.1 Å². The lowest BCUT2D eigenvalue weighted by atomic mass is 9.85. The van der Waals surface area contributed by atoms with Crippen molar-refractivity contribution in [1.82, 2.24) is 5.01 Å². The van der Waals surface area contributed by atoms with Gasteiger partial charge in [0.2, 0.25) is 0 Å². The maximum atomic E-state index is 12.7. The van der Waals surface area contributed by atoms with Gasteiger partial charge in [-0.1, -0.05) is 18.2 Å². The van der Waals surface area contributed by atoms with Crippen LogP contribution in [0.15, 0.2) is 42.0 Å². The van der Waals surface area contributed by atoms with Gasteiger partial charge in [0.25, 0.3) is 11.8 Å². The number of nitrogens with zero attached hydrogens (tertiary/aromatic N) is 2. The van der Waals surface area contributed by atoms with E-state index in [4.69, 9.17) is 9.47 Å². The number of fused-ring (bicyclic) bond motifs is 5. The van der Waals surface area contributed by atoms with E-state index < -0.39 is 0 Å². The number of carbonyl (C=O) groups is 2. The van der Waals surface area contributed by atoms with E-state index in [1.54, 1.807) is 26.4 Å². The second-order valence-corrected chi connectivity index (χ2v) is 7.14. The molecule has 0 radical (unpaired) electrons. The molecule has 1 aromatic rings. The number of amides is 2. The van der Waals surface area contributed by atoms with Gasteiger partial charge >= 0.3 is 0 Å². The van der Waals surface area contributed by atoms with Gasteiger partial charge in [0, 0.05) is 5.56 Å². The van der Waals surface area contributed by atoms with Gasteiger partial charge in [0.05, 0.1) is 32.3 Å². The van der Waals surface area contributed by atoms with Crippen LogP contribution in [0.5, 0.6) is 11.5 Å². The number of allylic oxidation sites excluding steroid dienone is 3. The van der Waals surface area contributed by atoms with Crippen LogP contribution in [-0.4, -0.2) is 37.3 Å². The van der Waals surface area contributed by atoms with Crippen LogP contribution in [0.25, 0.3) is 0 Å². The van der Waals surface area contributed by atoms with E-state index in [0.717, 1.165) is 22.6 Å². The Morgan fingerprint density at radius 2 is 1.81 bits per heavy atom. The zero-order chi connectivity index (χ0) is 19.1. The molecule has 4 rings (SSSR count). The lowest BCUT2D eigenvalue weighted by Crippen LogP contribution is -2.28. The van der Waals surface area contributed by atoms with Crippen LogP contribution in [0.3, 0.4) is 0 Å². The fourth-order valence-corrected chi connectivity index (χ4v) is 4.57. The number of carbonyl (C=O) groups excluding carboxylic acids is 2. The molecule has 2 bridgehead atoms. The Morgan fingerprint density at radius 3 is 2.37 bits per heavy atom. The smallest absolute Gasteiger partial charge is 0.254 e. The number of benzene rings is 1.